The molecule has 0 bridgehead atoms. The monoisotopic (exact) mass is 291 g/mol. The zero-order valence-electron chi connectivity index (χ0n) is 11.0. The minimum atomic E-state index is -1.17. The van der Waals surface area contributed by atoms with Crippen molar-refractivity contribution in [1.82, 2.24) is 14.9 Å². The third kappa shape index (κ3) is 2.83. The van der Waals surface area contributed by atoms with Crippen LogP contribution in [0.1, 0.15) is 0 Å². The molecule has 0 atom stereocenters. The number of amides is 1. The number of imidazole rings is 1. The van der Waals surface area contributed by atoms with Crippen LogP contribution in [0.25, 0.3) is 11.0 Å². The summed E-state index contributed by atoms with van der Waals surface area (Å²) in [6.45, 7) is 0. The van der Waals surface area contributed by atoms with Gasteiger partial charge in [0.2, 0.25) is 0 Å². The third-order valence-electron chi connectivity index (χ3n) is 2.65. The maximum atomic E-state index is 11.7. The molecule has 1 amide bonds. The second-order valence-corrected chi connectivity index (χ2v) is 4.98. The van der Waals surface area contributed by atoms with E-state index in [0.717, 1.165) is 28.9 Å². The first-order valence-electron chi connectivity index (χ1n) is 5.79. The number of nitrogens with zero attached hydrogens (tertiary/aromatic N) is 2. The summed E-state index contributed by atoms with van der Waals surface area (Å²) < 4.78 is 1.82. The number of thioether (sulfide) groups is 1. The normalized spacial score (nSPS) is 11.6. The highest BCUT2D eigenvalue weighted by atomic mass is 32.2. The maximum absolute atomic E-state index is 11.7. The fraction of sp³-hybridized carbons (Fsp3) is 0.154. The zero-order chi connectivity index (χ0) is 14.7. The van der Waals surface area contributed by atoms with E-state index in [9.17, 15) is 9.59 Å². The molecule has 2 rings (SSSR count). The predicted octanol–water partition coefficient (Wildman–Crippen LogP) is 1.38. The Labute approximate surface area is 119 Å². The van der Waals surface area contributed by atoms with E-state index in [0.29, 0.717) is 5.16 Å². The number of hydrogen-bond acceptors (Lipinski definition) is 4. The lowest BCUT2D eigenvalue weighted by Crippen LogP contribution is -2.19. The number of carboxylic acid groups (broad SMARTS) is 1. The Morgan fingerprint density at radius 2 is 2.10 bits per heavy atom. The second kappa shape index (κ2) is 5.79. The first kappa shape index (κ1) is 14.1. The number of fused-ring (bicyclic) bond motifs is 1. The zero-order valence-corrected chi connectivity index (χ0v) is 11.8. The van der Waals surface area contributed by atoms with E-state index in [2.05, 4.69) is 10.3 Å². The molecule has 0 aliphatic rings. The molecule has 6 nitrogen and oxygen atoms in total. The van der Waals surface area contributed by atoms with Gasteiger partial charge in [0.15, 0.2) is 5.16 Å². The summed E-state index contributed by atoms with van der Waals surface area (Å²) in [4.78, 5) is 26.9. The van der Waals surface area contributed by atoms with Crippen LogP contribution < -0.4 is 5.32 Å². The molecule has 20 heavy (non-hydrogen) atoms. The van der Waals surface area contributed by atoms with Crippen molar-refractivity contribution in [2.75, 3.05) is 7.05 Å². The molecular formula is C13H13N3O3S. The molecule has 2 aromatic rings. The molecule has 7 heteroatoms. The molecule has 1 aromatic carbocycles. The summed E-state index contributed by atoms with van der Waals surface area (Å²) in [5, 5.41) is 11.8. The molecule has 1 aromatic heterocycles. The van der Waals surface area contributed by atoms with Gasteiger partial charge >= 0.3 is 5.97 Å². The number of nitrogens with one attached hydrogen (secondary N) is 1. The first-order valence-corrected chi connectivity index (χ1v) is 6.60. The van der Waals surface area contributed by atoms with Gasteiger partial charge < -0.3 is 15.0 Å². The van der Waals surface area contributed by atoms with Crippen molar-refractivity contribution in [3.05, 3.63) is 35.2 Å². The van der Waals surface area contributed by atoms with E-state index in [1.165, 1.54) is 7.05 Å². The first-order chi connectivity index (χ1) is 9.52. The van der Waals surface area contributed by atoms with Crippen LogP contribution in [0.4, 0.5) is 0 Å². The maximum Gasteiger partial charge on any atom is 0.329 e. The Kier molecular flexibility index (Phi) is 4.09. The third-order valence-corrected chi connectivity index (χ3v) is 3.72. The van der Waals surface area contributed by atoms with E-state index in [-0.39, 0.29) is 4.91 Å². The van der Waals surface area contributed by atoms with Crippen molar-refractivity contribution >= 4 is 34.7 Å². The number of carbonyl (C=O) groups is 2. The lowest BCUT2D eigenvalue weighted by atomic mass is 10.3. The Morgan fingerprint density at radius 1 is 1.40 bits per heavy atom. The van der Waals surface area contributed by atoms with Gasteiger partial charge in [-0.2, -0.15) is 0 Å². The van der Waals surface area contributed by atoms with Crippen molar-refractivity contribution in [3.63, 3.8) is 0 Å². The number of rotatable bonds is 4. The summed E-state index contributed by atoms with van der Waals surface area (Å²) in [7, 11) is 3.27. The van der Waals surface area contributed by atoms with Crippen LogP contribution in [0.5, 0.6) is 0 Å². The van der Waals surface area contributed by atoms with Crippen LogP contribution in [-0.4, -0.2) is 33.6 Å². The van der Waals surface area contributed by atoms with Gasteiger partial charge in [-0.3, -0.25) is 4.79 Å². The number of carboxylic acids is 1. The van der Waals surface area contributed by atoms with E-state index in [1.807, 2.05) is 35.9 Å². The Morgan fingerprint density at radius 3 is 2.70 bits per heavy atom. The fourth-order valence-corrected chi connectivity index (χ4v) is 2.62. The molecule has 0 aliphatic carbocycles. The summed E-state index contributed by atoms with van der Waals surface area (Å²) in [5.74, 6) is -1.63. The van der Waals surface area contributed by atoms with Crippen LogP contribution >= 0.6 is 11.8 Å². The van der Waals surface area contributed by atoms with Gasteiger partial charge in [0.05, 0.1) is 15.9 Å². The lowest BCUT2D eigenvalue weighted by Gasteiger charge is -2.05. The molecule has 0 saturated heterocycles. The van der Waals surface area contributed by atoms with Crippen LogP contribution in [-0.2, 0) is 16.6 Å². The fourth-order valence-electron chi connectivity index (χ4n) is 1.69. The molecule has 0 fully saturated rings. The highest BCUT2D eigenvalue weighted by Gasteiger charge is 2.16. The Balaban J connectivity index is 2.41. The number of aryl methyl sites for hydroxylation is 1. The summed E-state index contributed by atoms with van der Waals surface area (Å²) in [6.07, 6.45) is 0.878. The number of likely N-dealkylation sites (N-methyl/N-ethyl adjacent to an activating group) is 1. The average molecular weight is 291 g/mol. The number of aromatic nitrogens is 2. The van der Waals surface area contributed by atoms with Gasteiger partial charge in [0, 0.05) is 20.2 Å². The van der Waals surface area contributed by atoms with Crippen molar-refractivity contribution in [3.8, 4) is 0 Å². The largest absolute Gasteiger partial charge is 0.478 e. The van der Waals surface area contributed by atoms with E-state index in [4.69, 9.17) is 5.11 Å². The SMILES string of the molecule is CNC(=O)C(=CC(=O)O)Sc1nc2ccccc2n1C. The van der Waals surface area contributed by atoms with Gasteiger partial charge in [-0.05, 0) is 23.9 Å². The highest BCUT2D eigenvalue weighted by Crippen LogP contribution is 2.28. The van der Waals surface area contributed by atoms with Gasteiger partial charge in [-0.25, -0.2) is 9.78 Å². The van der Waals surface area contributed by atoms with Crippen LogP contribution in [0.2, 0.25) is 0 Å². The molecule has 0 radical (unpaired) electrons. The molecule has 0 unspecified atom stereocenters. The van der Waals surface area contributed by atoms with Crippen molar-refractivity contribution in [2.24, 2.45) is 7.05 Å². The Hall–Kier alpha value is -2.28. The van der Waals surface area contributed by atoms with Gasteiger partial charge in [-0.15, -0.1) is 0 Å². The number of aliphatic carboxylic acids is 1. The summed E-state index contributed by atoms with van der Waals surface area (Å²) in [5.41, 5.74) is 1.71. The van der Waals surface area contributed by atoms with Gasteiger partial charge in [0.1, 0.15) is 0 Å². The minimum absolute atomic E-state index is 0.0819. The quantitative estimate of drug-likeness (QED) is 0.656. The minimum Gasteiger partial charge on any atom is -0.478 e. The van der Waals surface area contributed by atoms with Gasteiger partial charge in [0.25, 0.3) is 5.91 Å². The molecule has 1 heterocycles. The van der Waals surface area contributed by atoms with E-state index < -0.39 is 11.9 Å². The lowest BCUT2D eigenvalue weighted by molar-refractivity contribution is -0.131. The molecule has 2 N–H and O–H groups in total. The van der Waals surface area contributed by atoms with E-state index in [1.54, 1.807) is 0 Å². The van der Waals surface area contributed by atoms with Crippen LogP contribution in [0.3, 0.4) is 0 Å². The molecule has 0 spiro atoms. The molecule has 0 aliphatic heterocycles. The predicted molar refractivity (Wildman–Crippen MR) is 76.4 cm³/mol. The number of carbonyl (C=O) groups excluding carboxylic acids is 1. The number of hydrogen-bond donors (Lipinski definition) is 2. The molecule has 0 saturated carbocycles. The second-order valence-electron chi connectivity index (χ2n) is 3.97. The highest BCUT2D eigenvalue weighted by molar-refractivity contribution is 8.03. The molecular weight excluding hydrogens is 278 g/mol. The summed E-state index contributed by atoms with van der Waals surface area (Å²) in [6, 6.07) is 7.54. The standard InChI is InChI=1S/C13H13N3O3S/c1-14-12(19)10(7-11(17)18)20-13-15-8-5-3-4-6-9(8)16(13)2/h3-7H,1-2H3,(H,14,19)(H,17,18). The van der Waals surface area contributed by atoms with E-state index >= 15 is 0 Å². The summed E-state index contributed by atoms with van der Waals surface area (Å²) >= 11 is 1.02. The van der Waals surface area contributed by atoms with Crippen molar-refractivity contribution < 1.29 is 14.7 Å². The van der Waals surface area contributed by atoms with Crippen molar-refractivity contribution in [1.29, 1.82) is 0 Å². The van der Waals surface area contributed by atoms with Gasteiger partial charge in [-0.1, -0.05) is 12.1 Å². The van der Waals surface area contributed by atoms with Crippen LogP contribution in [0, 0.1) is 0 Å². The topological polar surface area (TPSA) is 84.2 Å². The van der Waals surface area contributed by atoms with Crippen LogP contribution in [0.15, 0.2) is 40.4 Å². The number of benzene rings is 1. The number of para-hydroxylation sites is 2. The molecule has 104 valence electrons. The average Bonchev–Trinajstić information content (AvgIpc) is 2.74. The smallest absolute Gasteiger partial charge is 0.329 e. The Bertz CT molecular complexity index is 706. The van der Waals surface area contributed by atoms with Crippen molar-refractivity contribution in [2.45, 2.75) is 5.16 Å².